The second kappa shape index (κ2) is 4.64. The average molecular weight is 292 g/mol. The lowest BCUT2D eigenvalue weighted by Gasteiger charge is -1.95. The fourth-order valence-corrected chi connectivity index (χ4v) is 2.62. The maximum absolute atomic E-state index is 13.6. The Balaban J connectivity index is 2.18. The summed E-state index contributed by atoms with van der Waals surface area (Å²) in [7, 11) is 0. The average Bonchev–Trinajstić information content (AvgIpc) is 3.02. The van der Waals surface area contributed by atoms with Crippen molar-refractivity contribution < 1.29 is 14.3 Å². The molecule has 3 rings (SSSR count). The van der Waals surface area contributed by atoms with E-state index in [-0.39, 0.29) is 0 Å². The second-order valence-corrected chi connectivity index (χ2v) is 4.90. The third kappa shape index (κ3) is 1.94. The molecule has 0 radical (unpaired) electrons. The van der Waals surface area contributed by atoms with Gasteiger partial charge in [-0.15, -0.1) is 5.10 Å². The number of hydrogen-bond acceptors (Lipinski definition) is 5. The summed E-state index contributed by atoms with van der Waals surface area (Å²) in [5.41, 5.74) is 1.24. The Morgan fingerprint density at radius 2 is 2.30 bits per heavy atom. The summed E-state index contributed by atoms with van der Waals surface area (Å²) in [6.45, 7) is 1.95. The molecule has 0 aliphatic rings. The Labute approximate surface area is 116 Å². The Bertz CT molecular complexity index is 811. The zero-order valence-corrected chi connectivity index (χ0v) is 11.2. The molecule has 102 valence electrons. The zero-order valence-electron chi connectivity index (χ0n) is 10.3. The lowest BCUT2D eigenvalue weighted by Crippen LogP contribution is -1.99. The molecule has 0 amide bonds. The molecule has 0 fully saturated rings. The van der Waals surface area contributed by atoms with Gasteiger partial charge in [-0.25, -0.2) is 14.2 Å². The smallest absolute Gasteiger partial charge is 0.338 e. The summed E-state index contributed by atoms with van der Waals surface area (Å²) in [6, 6.07) is 2.35. The van der Waals surface area contributed by atoms with E-state index in [1.165, 1.54) is 17.6 Å². The van der Waals surface area contributed by atoms with Crippen LogP contribution in [0.5, 0.6) is 0 Å². The van der Waals surface area contributed by atoms with Crippen molar-refractivity contribution in [3.8, 4) is 10.7 Å². The lowest BCUT2D eigenvalue weighted by atomic mass is 10.2. The number of carboxylic acid groups (broad SMARTS) is 1. The molecule has 20 heavy (non-hydrogen) atoms. The van der Waals surface area contributed by atoms with Crippen LogP contribution in [0.4, 0.5) is 4.39 Å². The number of aromatic amines is 1. The minimum Gasteiger partial charge on any atom is -0.478 e. The van der Waals surface area contributed by atoms with E-state index in [1.54, 1.807) is 0 Å². The minimum absolute atomic E-state index is 0.395. The number of hydrogen-bond donors (Lipinski definition) is 2. The number of fused-ring (bicyclic) bond motifs is 1. The number of carbonyl (C=O) groups is 1. The standard InChI is InChI=1S/C12H9FN4O2S/c1-2-7-10(20-17-16-7)11-14-8-3-5(12(18)19)6(13)4-9(8)15-11/h3-4H,2H2,1H3,(H,14,15)(H,18,19). The van der Waals surface area contributed by atoms with Crippen molar-refractivity contribution in [2.45, 2.75) is 13.3 Å². The highest BCUT2D eigenvalue weighted by molar-refractivity contribution is 7.09. The molecule has 6 nitrogen and oxygen atoms in total. The van der Waals surface area contributed by atoms with Gasteiger partial charge in [0.05, 0.1) is 22.3 Å². The third-order valence-electron chi connectivity index (χ3n) is 2.91. The molecule has 2 N–H and O–H groups in total. The first-order chi connectivity index (χ1) is 9.60. The molecule has 0 saturated carbocycles. The van der Waals surface area contributed by atoms with Crippen molar-refractivity contribution in [3.05, 3.63) is 29.2 Å². The number of H-pyrrole nitrogens is 1. The van der Waals surface area contributed by atoms with E-state index in [0.717, 1.165) is 16.6 Å². The van der Waals surface area contributed by atoms with Crippen molar-refractivity contribution in [3.63, 3.8) is 0 Å². The van der Waals surface area contributed by atoms with Gasteiger partial charge in [0.1, 0.15) is 10.7 Å². The van der Waals surface area contributed by atoms with Gasteiger partial charge in [-0.2, -0.15) is 0 Å². The minimum atomic E-state index is -1.32. The van der Waals surface area contributed by atoms with E-state index in [9.17, 15) is 9.18 Å². The van der Waals surface area contributed by atoms with Crippen LogP contribution in [0.25, 0.3) is 21.7 Å². The SMILES string of the molecule is CCc1nnsc1-c1nc2cc(C(=O)O)c(F)cc2[nH]1. The van der Waals surface area contributed by atoms with E-state index in [4.69, 9.17) is 5.11 Å². The number of nitrogens with zero attached hydrogens (tertiary/aromatic N) is 3. The van der Waals surface area contributed by atoms with Gasteiger partial charge in [-0.1, -0.05) is 11.4 Å². The van der Waals surface area contributed by atoms with Gasteiger partial charge in [-0.3, -0.25) is 0 Å². The van der Waals surface area contributed by atoms with Gasteiger partial charge in [0.15, 0.2) is 5.82 Å². The molecule has 2 heterocycles. The number of benzene rings is 1. The van der Waals surface area contributed by atoms with E-state index in [2.05, 4.69) is 19.6 Å². The first kappa shape index (κ1) is 12.7. The second-order valence-electron chi connectivity index (χ2n) is 4.14. The van der Waals surface area contributed by atoms with Crippen LogP contribution in [0.3, 0.4) is 0 Å². The summed E-state index contributed by atoms with van der Waals surface area (Å²) in [5, 5.41) is 12.9. The number of imidazole rings is 1. The number of aromatic nitrogens is 4. The normalized spacial score (nSPS) is 11.1. The van der Waals surface area contributed by atoms with Gasteiger partial charge in [0.2, 0.25) is 0 Å². The lowest BCUT2D eigenvalue weighted by molar-refractivity contribution is 0.0692. The Kier molecular flexibility index (Phi) is 2.94. The monoisotopic (exact) mass is 292 g/mol. The first-order valence-corrected chi connectivity index (χ1v) is 6.61. The molecule has 0 unspecified atom stereocenters. The Morgan fingerprint density at radius 3 is 3.00 bits per heavy atom. The molecule has 0 bridgehead atoms. The van der Waals surface area contributed by atoms with Crippen LogP contribution in [0.15, 0.2) is 12.1 Å². The van der Waals surface area contributed by atoms with Gasteiger partial charge >= 0.3 is 5.97 Å². The molecule has 2 aromatic heterocycles. The van der Waals surface area contributed by atoms with Crippen molar-refractivity contribution in [2.75, 3.05) is 0 Å². The van der Waals surface area contributed by atoms with E-state index < -0.39 is 17.3 Å². The summed E-state index contributed by atoms with van der Waals surface area (Å²) < 4.78 is 17.5. The molecule has 0 aliphatic heterocycles. The largest absolute Gasteiger partial charge is 0.478 e. The predicted molar refractivity (Wildman–Crippen MR) is 71.3 cm³/mol. The van der Waals surface area contributed by atoms with Crippen molar-refractivity contribution in [1.29, 1.82) is 0 Å². The summed E-state index contributed by atoms with van der Waals surface area (Å²) in [6.07, 6.45) is 0.706. The molecule has 0 saturated heterocycles. The molecule has 0 atom stereocenters. The van der Waals surface area contributed by atoms with Crippen LogP contribution < -0.4 is 0 Å². The number of carboxylic acids is 1. The summed E-state index contributed by atoms with van der Waals surface area (Å²) >= 11 is 1.19. The predicted octanol–water partition coefficient (Wildman–Crippen LogP) is 2.48. The van der Waals surface area contributed by atoms with Gasteiger partial charge in [-0.05, 0) is 24.0 Å². The molecule has 1 aromatic carbocycles. The highest BCUT2D eigenvalue weighted by Crippen LogP contribution is 2.27. The topological polar surface area (TPSA) is 91.8 Å². The number of aryl methyl sites for hydroxylation is 1. The third-order valence-corrected chi connectivity index (χ3v) is 3.68. The maximum Gasteiger partial charge on any atom is 0.338 e. The molecular formula is C12H9FN4O2S. The molecule has 0 aliphatic carbocycles. The zero-order chi connectivity index (χ0) is 14.3. The van der Waals surface area contributed by atoms with Crippen LogP contribution >= 0.6 is 11.5 Å². The van der Waals surface area contributed by atoms with E-state index in [1.807, 2.05) is 6.92 Å². The quantitative estimate of drug-likeness (QED) is 0.773. The summed E-state index contributed by atoms with van der Waals surface area (Å²) in [4.78, 5) is 18.9. The number of rotatable bonds is 3. The fraction of sp³-hybridized carbons (Fsp3) is 0.167. The van der Waals surface area contributed by atoms with E-state index >= 15 is 0 Å². The van der Waals surface area contributed by atoms with Crippen molar-refractivity contribution in [1.82, 2.24) is 19.6 Å². The van der Waals surface area contributed by atoms with Crippen LogP contribution in [0, 0.1) is 5.82 Å². The van der Waals surface area contributed by atoms with Crippen LogP contribution in [0.2, 0.25) is 0 Å². The van der Waals surface area contributed by atoms with E-state index in [0.29, 0.717) is 23.3 Å². The molecule has 0 spiro atoms. The maximum atomic E-state index is 13.6. The fourth-order valence-electron chi connectivity index (χ4n) is 1.92. The number of nitrogens with one attached hydrogen (secondary N) is 1. The van der Waals surface area contributed by atoms with Gasteiger partial charge in [0.25, 0.3) is 0 Å². The Morgan fingerprint density at radius 1 is 1.50 bits per heavy atom. The van der Waals surface area contributed by atoms with Crippen LogP contribution in [-0.2, 0) is 6.42 Å². The molecule has 3 aromatic rings. The van der Waals surface area contributed by atoms with Crippen molar-refractivity contribution >= 4 is 28.5 Å². The summed E-state index contributed by atoms with van der Waals surface area (Å²) in [5.74, 6) is -1.59. The highest BCUT2D eigenvalue weighted by atomic mass is 32.1. The molecular weight excluding hydrogens is 283 g/mol. The highest BCUT2D eigenvalue weighted by Gasteiger charge is 2.17. The number of aromatic carboxylic acids is 1. The first-order valence-electron chi connectivity index (χ1n) is 5.84. The number of halogens is 1. The van der Waals surface area contributed by atoms with Crippen LogP contribution in [0.1, 0.15) is 23.0 Å². The Hall–Kier alpha value is -2.35. The van der Waals surface area contributed by atoms with Gasteiger partial charge < -0.3 is 10.1 Å². The van der Waals surface area contributed by atoms with Gasteiger partial charge in [0, 0.05) is 6.07 Å². The molecule has 8 heteroatoms. The van der Waals surface area contributed by atoms with Crippen LogP contribution in [-0.4, -0.2) is 30.6 Å². The van der Waals surface area contributed by atoms with Crippen molar-refractivity contribution in [2.24, 2.45) is 0 Å².